The number of aryl methyl sites for hydroxylation is 1. The van der Waals surface area contributed by atoms with E-state index in [1.165, 1.54) is 10.5 Å². The second-order valence-electron chi connectivity index (χ2n) is 8.41. The summed E-state index contributed by atoms with van der Waals surface area (Å²) in [6, 6.07) is 15.5. The van der Waals surface area contributed by atoms with Gasteiger partial charge in [0.1, 0.15) is 0 Å². The van der Waals surface area contributed by atoms with Gasteiger partial charge in [-0.1, -0.05) is 42.0 Å². The van der Waals surface area contributed by atoms with E-state index >= 15 is 0 Å². The third-order valence-electron chi connectivity index (χ3n) is 5.73. The molecule has 1 atom stereocenters. The minimum atomic E-state index is -0.313. The van der Waals surface area contributed by atoms with Crippen molar-refractivity contribution in [1.29, 1.82) is 0 Å². The van der Waals surface area contributed by atoms with Crippen molar-refractivity contribution in [3.8, 4) is 0 Å². The fraction of sp³-hybridized carbons (Fsp3) is 0.400. The molecule has 0 radical (unpaired) electrons. The number of hydrogen-bond donors (Lipinski definition) is 0. The molecule has 31 heavy (non-hydrogen) atoms. The van der Waals surface area contributed by atoms with Gasteiger partial charge in [0.2, 0.25) is 11.8 Å². The summed E-state index contributed by atoms with van der Waals surface area (Å²) in [4.78, 5) is 42.8. The summed E-state index contributed by atoms with van der Waals surface area (Å²) in [5.41, 5.74) is 3.84. The van der Waals surface area contributed by atoms with E-state index in [0.29, 0.717) is 31.7 Å². The second kappa shape index (κ2) is 9.77. The molecule has 0 N–H and O–H groups in total. The number of amides is 3. The van der Waals surface area contributed by atoms with E-state index in [4.69, 9.17) is 0 Å². The van der Waals surface area contributed by atoms with Crippen molar-refractivity contribution in [2.75, 3.05) is 27.2 Å². The van der Waals surface area contributed by atoms with Gasteiger partial charge >= 0.3 is 0 Å². The molecule has 0 aliphatic carbocycles. The molecule has 1 fully saturated rings. The van der Waals surface area contributed by atoms with Gasteiger partial charge in [0.25, 0.3) is 5.91 Å². The second-order valence-corrected chi connectivity index (χ2v) is 8.41. The van der Waals surface area contributed by atoms with Crippen LogP contribution in [0.4, 0.5) is 0 Å². The molecule has 3 rings (SSSR count). The number of carbonyl (C=O) groups is 3. The van der Waals surface area contributed by atoms with Crippen molar-refractivity contribution < 1.29 is 14.4 Å². The Balaban J connectivity index is 1.62. The molecular weight excluding hydrogens is 390 g/mol. The predicted molar refractivity (Wildman–Crippen MR) is 120 cm³/mol. The molecule has 6 heteroatoms. The molecule has 0 spiro atoms. The molecule has 1 aliphatic rings. The van der Waals surface area contributed by atoms with Crippen molar-refractivity contribution in [1.82, 2.24) is 14.7 Å². The van der Waals surface area contributed by atoms with Crippen LogP contribution in [0.15, 0.2) is 48.5 Å². The van der Waals surface area contributed by atoms with E-state index in [1.807, 2.05) is 50.2 Å². The molecule has 1 saturated heterocycles. The SMILES string of the molecule is CCN(Cc1ccc(C(=O)N(C)C)cc1)C(=O)C1CC(=O)N(Cc2ccc(C)cc2)C1. The van der Waals surface area contributed by atoms with Crippen LogP contribution in [0.1, 0.15) is 40.4 Å². The number of nitrogens with zero attached hydrogens (tertiary/aromatic N) is 3. The Hall–Kier alpha value is -3.15. The maximum Gasteiger partial charge on any atom is 0.253 e. The lowest BCUT2D eigenvalue weighted by Crippen LogP contribution is -2.37. The fourth-order valence-corrected chi connectivity index (χ4v) is 3.84. The van der Waals surface area contributed by atoms with Crippen LogP contribution in [0.5, 0.6) is 0 Å². The first-order valence-electron chi connectivity index (χ1n) is 10.7. The van der Waals surface area contributed by atoms with Crippen LogP contribution < -0.4 is 0 Å². The lowest BCUT2D eigenvalue weighted by molar-refractivity contribution is -0.136. The molecule has 3 amide bonds. The average Bonchev–Trinajstić information content (AvgIpc) is 3.13. The van der Waals surface area contributed by atoms with Crippen LogP contribution in [0.3, 0.4) is 0 Å². The van der Waals surface area contributed by atoms with Crippen LogP contribution in [0, 0.1) is 12.8 Å². The van der Waals surface area contributed by atoms with Crippen LogP contribution in [0.25, 0.3) is 0 Å². The van der Waals surface area contributed by atoms with Gasteiger partial charge in [0.05, 0.1) is 5.92 Å². The Morgan fingerprint density at radius 2 is 1.61 bits per heavy atom. The highest BCUT2D eigenvalue weighted by Gasteiger charge is 2.36. The summed E-state index contributed by atoms with van der Waals surface area (Å²) in [6.45, 7) is 6.01. The fourth-order valence-electron chi connectivity index (χ4n) is 3.84. The summed E-state index contributed by atoms with van der Waals surface area (Å²) < 4.78 is 0. The summed E-state index contributed by atoms with van der Waals surface area (Å²) in [5.74, 6) is -0.321. The summed E-state index contributed by atoms with van der Waals surface area (Å²) in [5, 5.41) is 0. The topological polar surface area (TPSA) is 60.9 Å². The van der Waals surface area contributed by atoms with Gasteiger partial charge in [-0.05, 0) is 37.1 Å². The van der Waals surface area contributed by atoms with Crippen molar-refractivity contribution in [2.24, 2.45) is 5.92 Å². The molecule has 0 saturated carbocycles. The normalized spacial score (nSPS) is 15.8. The predicted octanol–water partition coefficient (Wildman–Crippen LogP) is 3.09. The lowest BCUT2D eigenvalue weighted by atomic mass is 10.1. The van der Waals surface area contributed by atoms with Crippen molar-refractivity contribution in [2.45, 2.75) is 33.4 Å². The molecule has 0 bridgehead atoms. The van der Waals surface area contributed by atoms with E-state index in [0.717, 1.165) is 11.1 Å². The smallest absolute Gasteiger partial charge is 0.253 e. The molecule has 2 aromatic carbocycles. The zero-order chi connectivity index (χ0) is 22.5. The number of benzene rings is 2. The monoisotopic (exact) mass is 421 g/mol. The third kappa shape index (κ3) is 5.51. The lowest BCUT2D eigenvalue weighted by Gasteiger charge is -2.24. The maximum atomic E-state index is 13.1. The third-order valence-corrected chi connectivity index (χ3v) is 5.73. The molecule has 0 aromatic heterocycles. The molecule has 1 aliphatic heterocycles. The zero-order valence-electron chi connectivity index (χ0n) is 18.8. The van der Waals surface area contributed by atoms with E-state index in [1.54, 1.807) is 36.0 Å². The Labute approximate surface area is 184 Å². The highest BCUT2D eigenvalue weighted by molar-refractivity contribution is 5.94. The minimum Gasteiger partial charge on any atom is -0.345 e. The standard InChI is InChI=1S/C25H31N3O3/c1-5-27(15-20-10-12-21(13-11-20)24(30)26(3)4)25(31)22-14-23(29)28(17-22)16-19-8-6-18(2)7-9-19/h6-13,22H,5,14-17H2,1-4H3. The maximum absolute atomic E-state index is 13.1. The van der Waals surface area contributed by atoms with E-state index in [9.17, 15) is 14.4 Å². The Morgan fingerprint density at radius 1 is 1.00 bits per heavy atom. The largest absolute Gasteiger partial charge is 0.345 e. The molecule has 1 heterocycles. The highest BCUT2D eigenvalue weighted by atomic mass is 16.2. The van der Waals surface area contributed by atoms with Gasteiger partial charge in [-0.25, -0.2) is 0 Å². The number of likely N-dealkylation sites (tertiary alicyclic amines) is 1. The van der Waals surface area contributed by atoms with Crippen molar-refractivity contribution >= 4 is 17.7 Å². The van der Waals surface area contributed by atoms with Gasteiger partial charge < -0.3 is 14.7 Å². The average molecular weight is 422 g/mol. The summed E-state index contributed by atoms with van der Waals surface area (Å²) in [7, 11) is 3.44. The van der Waals surface area contributed by atoms with Crippen LogP contribution in [-0.2, 0) is 22.7 Å². The molecule has 1 unspecified atom stereocenters. The highest BCUT2D eigenvalue weighted by Crippen LogP contribution is 2.23. The van der Waals surface area contributed by atoms with E-state index in [-0.39, 0.29) is 30.1 Å². The Bertz CT molecular complexity index is 935. The first-order chi connectivity index (χ1) is 14.8. The minimum absolute atomic E-state index is 0.00991. The van der Waals surface area contributed by atoms with Gasteiger partial charge in [-0.15, -0.1) is 0 Å². The van der Waals surface area contributed by atoms with Crippen LogP contribution in [-0.4, -0.2) is 59.6 Å². The van der Waals surface area contributed by atoms with Gasteiger partial charge in [0, 0.05) is 52.3 Å². The first-order valence-corrected chi connectivity index (χ1v) is 10.7. The van der Waals surface area contributed by atoms with Crippen LogP contribution in [0.2, 0.25) is 0 Å². The van der Waals surface area contributed by atoms with Crippen LogP contribution >= 0.6 is 0 Å². The molecule has 164 valence electrons. The molecular formula is C25H31N3O3. The zero-order valence-corrected chi connectivity index (χ0v) is 18.8. The molecule has 6 nitrogen and oxygen atoms in total. The van der Waals surface area contributed by atoms with Crippen molar-refractivity contribution in [3.05, 3.63) is 70.8 Å². The number of hydrogen-bond acceptors (Lipinski definition) is 3. The quantitative estimate of drug-likeness (QED) is 0.690. The van der Waals surface area contributed by atoms with E-state index < -0.39 is 0 Å². The molecule has 2 aromatic rings. The van der Waals surface area contributed by atoms with Crippen molar-refractivity contribution in [3.63, 3.8) is 0 Å². The summed E-state index contributed by atoms with van der Waals surface area (Å²) in [6.07, 6.45) is 0.261. The Morgan fingerprint density at radius 3 is 2.19 bits per heavy atom. The Kier molecular flexibility index (Phi) is 7.10. The summed E-state index contributed by atoms with van der Waals surface area (Å²) >= 11 is 0. The van der Waals surface area contributed by atoms with Gasteiger partial charge in [-0.3, -0.25) is 14.4 Å². The van der Waals surface area contributed by atoms with E-state index in [2.05, 4.69) is 0 Å². The number of carbonyl (C=O) groups excluding carboxylic acids is 3. The first kappa shape index (κ1) is 22.5. The van der Waals surface area contributed by atoms with Gasteiger partial charge in [-0.2, -0.15) is 0 Å². The van der Waals surface area contributed by atoms with Gasteiger partial charge in [0.15, 0.2) is 0 Å². The number of rotatable bonds is 7.